The molecule has 1 amide bonds. The minimum atomic E-state index is -0.686. The summed E-state index contributed by atoms with van der Waals surface area (Å²) in [5, 5.41) is 0.994. The molecule has 1 unspecified atom stereocenters. The Morgan fingerprint density at radius 3 is 2.54 bits per heavy atom. The third-order valence-corrected chi connectivity index (χ3v) is 7.32. The summed E-state index contributed by atoms with van der Waals surface area (Å²) in [6.07, 6.45) is 0.914. The van der Waals surface area contributed by atoms with Crippen LogP contribution >= 0.6 is 11.6 Å². The van der Waals surface area contributed by atoms with E-state index in [0.717, 1.165) is 23.1 Å². The van der Waals surface area contributed by atoms with Gasteiger partial charge in [-0.05, 0) is 67.6 Å². The maximum Gasteiger partial charge on any atom is 0.291 e. The fourth-order valence-corrected chi connectivity index (χ4v) is 5.14. The Balaban J connectivity index is 1.65. The van der Waals surface area contributed by atoms with E-state index in [9.17, 15) is 9.59 Å². The van der Waals surface area contributed by atoms with Gasteiger partial charge in [0, 0.05) is 11.6 Å². The Hall–Kier alpha value is -3.77. The molecule has 1 aromatic heterocycles. The SMILES string of the molecule is CCOc1cc(C2c3c(oc4ccc(C)cc4c3=O)C(=O)N2Cc2ccccc2Cl)ccc1OCCC(C)C. The van der Waals surface area contributed by atoms with Gasteiger partial charge in [0.25, 0.3) is 5.91 Å². The molecule has 0 saturated carbocycles. The lowest BCUT2D eigenvalue weighted by molar-refractivity contribution is 0.0714. The van der Waals surface area contributed by atoms with E-state index in [-0.39, 0.29) is 23.6 Å². The summed E-state index contributed by atoms with van der Waals surface area (Å²) in [4.78, 5) is 29.4. The van der Waals surface area contributed by atoms with Crippen molar-refractivity contribution >= 4 is 28.5 Å². The second-order valence-electron chi connectivity index (χ2n) is 10.3. The molecule has 4 aromatic rings. The van der Waals surface area contributed by atoms with E-state index in [0.29, 0.717) is 52.2 Å². The van der Waals surface area contributed by atoms with Gasteiger partial charge in [0.15, 0.2) is 16.9 Å². The second-order valence-corrected chi connectivity index (χ2v) is 10.7. The summed E-state index contributed by atoms with van der Waals surface area (Å²) in [6, 6.07) is 17.7. The van der Waals surface area contributed by atoms with Gasteiger partial charge in [0.05, 0.1) is 30.2 Å². The fourth-order valence-electron chi connectivity index (χ4n) is 4.94. The van der Waals surface area contributed by atoms with Gasteiger partial charge in [0.2, 0.25) is 5.76 Å². The van der Waals surface area contributed by atoms with Crippen molar-refractivity contribution < 1.29 is 18.7 Å². The molecule has 0 N–H and O–H groups in total. The van der Waals surface area contributed by atoms with Crippen LogP contribution in [-0.2, 0) is 6.54 Å². The summed E-state index contributed by atoms with van der Waals surface area (Å²) in [6.45, 7) is 9.34. The van der Waals surface area contributed by atoms with Crippen molar-refractivity contribution in [2.24, 2.45) is 5.92 Å². The number of benzene rings is 3. The first-order valence-corrected chi connectivity index (χ1v) is 13.7. The van der Waals surface area contributed by atoms with Crippen molar-refractivity contribution in [2.75, 3.05) is 13.2 Å². The Labute approximate surface area is 233 Å². The third-order valence-electron chi connectivity index (χ3n) is 6.96. The number of carbonyl (C=O) groups is 1. The van der Waals surface area contributed by atoms with Crippen LogP contribution in [0, 0.1) is 12.8 Å². The molecule has 2 heterocycles. The van der Waals surface area contributed by atoms with E-state index in [1.807, 2.05) is 56.3 Å². The molecular weight excluding hydrogens is 514 g/mol. The Bertz CT molecular complexity index is 1590. The Kier molecular flexibility index (Phi) is 7.67. The van der Waals surface area contributed by atoms with Crippen molar-refractivity contribution in [3.8, 4) is 11.5 Å². The molecule has 7 heteroatoms. The van der Waals surface area contributed by atoms with Gasteiger partial charge in [0.1, 0.15) is 5.58 Å². The molecule has 1 aliphatic heterocycles. The molecule has 1 aliphatic rings. The quantitative estimate of drug-likeness (QED) is 0.220. The average Bonchev–Trinajstić information content (AvgIpc) is 3.18. The van der Waals surface area contributed by atoms with Crippen LogP contribution < -0.4 is 14.9 Å². The predicted molar refractivity (Wildman–Crippen MR) is 153 cm³/mol. The number of hydrogen-bond donors (Lipinski definition) is 0. The van der Waals surface area contributed by atoms with Crippen LogP contribution in [-0.4, -0.2) is 24.0 Å². The van der Waals surface area contributed by atoms with Crippen molar-refractivity contribution in [1.29, 1.82) is 0 Å². The number of carbonyl (C=O) groups excluding carboxylic acids is 1. The lowest BCUT2D eigenvalue weighted by atomic mass is 9.97. The summed E-state index contributed by atoms with van der Waals surface area (Å²) in [5.41, 5.74) is 2.93. The van der Waals surface area contributed by atoms with Gasteiger partial charge in [-0.15, -0.1) is 0 Å². The zero-order chi connectivity index (χ0) is 27.7. The van der Waals surface area contributed by atoms with Crippen LogP contribution in [0.2, 0.25) is 5.02 Å². The number of nitrogens with zero attached hydrogens (tertiary/aromatic N) is 1. The number of ether oxygens (including phenoxy) is 2. The largest absolute Gasteiger partial charge is 0.490 e. The van der Waals surface area contributed by atoms with Gasteiger partial charge < -0.3 is 18.8 Å². The van der Waals surface area contributed by atoms with E-state index < -0.39 is 6.04 Å². The lowest BCUT2D eigenvalue weighted by Gasteiger charge is -2.26. The van der Waals surface area contributed by atoms with E-state index >= 15 is 0 Å². The number of amides is 1. The van der Waals surface area contributed by atoms with Crippen LogP contribution in [0.1, 0.15) is 66.0 Å². The van der Waals surface area contributed by atoms with Gasteiger partial charge >= 0.3 is 0 Å². The molecular formula is C32H32ClNO5. The fraction of sp³-hybridized carbons (Fsp3) is 0.312. The molecule has 0 bridgehead atoms. The maximum atomic E-state index is 13.9. The third kappa shape index (κ3) is 5.26. The molecule has 1 atom stereocenters. The molecule has 0 radical (unpaired) electrons. The number of rotatable bonds is 9. The van der Waals surface area contributed by atoms with Gasteiger partial charge in [-0.1, -0.05) is 61.3 Å². The van der Waals surface area contributed by atoms with Crippen LogP contribution in [0.3, 0.4) is 0 Å². The van der Waals surface area contributed by atoms with Crippen molar-refractivity contribution in [2.45, 2.75) is 46.7 Å². The number of hydrogen-bond acceptors (Lipinski definition) is 5. The van der Waals surface area contributed by atoms with Gasteiger partial charge in [-0.3, -0.25) is 9.59 Å². The highest BCUT2D eigenvalue weighted by Crippen LogP contribution is 2.42. The smallest absolute Gasteiger partial charge is 0.291 e. The predicted octanol–water partition coefficient (Wildman–Crippen LogP) is 7.32. The monoisotopic (exact) mass is 545 g/mol. The standard InChI is InChI=1S/C32H32ClNO5/c1-5-37-27-17-21(11-13-26(27)38-15-14-19(2)3)29-28-30(35)23-16-20(4)10-12-25(23)39-31(28)32(36)34(29)18-22-8-6-7-9-24(22)33/h6-13,16-17,19,29H,5,14-15,18H2,1-4H3. The highest BCUT2D eigenvalue weighted by Gasteiger charge is 2.43. The van der Waals surface area contributed by atoms with Gasteiger partial charge in [-0.25, -0.2) is 0 Å². The molecule has 0 aliphatic carbocycles. The highest BCUT2D eigenvalue weighted by molar-refractivity contribution is 6.31. The molecule has 0 spiro atoms. The molecule has 39 heavy (non-hydrogen) atoms. The zero-order valence-electron chi connectivity index (χ0n) is 22.6. The molecule has 3 aromatic carbocycles. The van der Waals surface area contributed by atoms with E-state index in [1.54, 1.807) is 23.1 Å². The van der Waals surface area contributed by atoms with E-state index in [1.165, 1.54) is 0 Å². The van der Waals surface area contributed by atoms with Crippen LogP contribution in [0.5, 0.6) is 11.5 Å². The topological polar surface area (TPSA) is 69.0 Å². The minimum absolute atomic E-state index is 0.0589. The van der Waals surface area contributed by atoms with Crippen LogP contribution in [0.4, 0.5) is 0 Å². The summed E-state index contributed by atoms with van der Waals surface area (Å²) in [5.74, 6) is 1.41. The van der Waals surface area contributed by atoms with Crippen molar-refractivity contribution in [1.82, 2.24) is 4.90 Å². The summed E-state index contributed by atoms with van der Waals surface area (Å²) in [7, 11) is 0. The Morgan fingerprint density at radius 2 is 1.79 bits per heavy atom. The molecule has 5 rings (SSSR count). The zero-order valence-corrected chi connectivity index (χ0v) is 23.4. The summed E-state index contributed by atoms with van der Waals surface area (Å²) >= 11 is 6.49. The van der Waals surface area contributed by atoms with E-state index in [2.05, 4.69) is 13.8 Å². The van der Waals surface area contributed by atoms with Crippen LogP contribution in [0.15, 0.2) is 69.9 Å². The molecule has 6 nitrogen and oxygen atoms in total. The van der Waals surface area contributed by atoms with Gasteiger partial charge in [-0.2, -0.15) is 0 Å². The average molecular weight is 546 g/mol. The van der Waals surface area contributed by atoms with Crippen LogP contribution in [0.25, 0.3) is 11.0 Å². The number of fused-ring (bicyclic) bond motifs is 2. The lowest BCUT2D eigenvalue weighted by Crippen LogP contribution is -2.29. The number of halogens is 1. The normalized spacial score (nSPS) is 14.8. The minimum Gasteiger partial charge on any atom is -0.490 e. The number of aryl methyl sites for hydroxylation is 1. The molecule has 0 fully saturated rings. The van der Waals surface area contributed by atoms with E-state index in [4.69, 9.17) is 25.5 Å². The summed E-state index contributed by atoms with van der Waals surface area (Å²) < 4.78 is 18.1. The van der Waals surface area contributed by atoms with Crippen molar-refractivity contribution in [3.63, 3.8) is 0 Å². The van der Waals surface area contributed by atoms with Crippen molar-refractivity contribution in [3.05, 3.63) is 104 Å². The first-order valence-electron chi connectivity index (χ1n) is 13.3. The maximum absolute atomic E-state index is 13.9. The molecule has 0 saturated heterocycles. The molecule has 202 valence electrons. The highest BCUT2D eigenvalue weighted by atomic mass is 35.5. The first kappa shape index (κ1) is 26.8. The Morgan fingerprint density at radius 1 is 1.00 bits per heavy atom. The second kappa shape index (κ2) is 11.1. The first-order chi connectivity index (χ1) is 18.8.